The van der Waals surface area contributed by atoms with Crippen molar-refractivity contribution in [2.24, 2.45) is 0 Å². The van der Waals surface area contributed by atoms with Crippen LogP contribution in [0.15, 0.2) is 41.1 Å². The van der Waals surface area contributed by atoms with Crippen molar-refractivity contribution in [3.8, 4) is 5.88 Å². The van der Waals surface area contributed by atoms with Gasteiger partial charge in [-0.1, -0.05) is 15.9 Å². The minimum atomic E-state index is -1.30. The number of ether oxygens (including phenoxy) is 2. The van der Waals surface area contributed by atoms with Crippen LogP contribution in [0.25, 0.3) is 21.9 Å². The van der Waals surface area contributed by atoms with Gasteiger partial charge in [-0.2, -0.15) is 4.39 Å². The Labute approximate surface area is 244 Å². The molecule has 0 aliphatic carbocycles. The van der Waals surface area contributed by atoms with Crippen LogP contribution >= 0.6 is 15.9 Å². The minimum Gasteiger partial charge on any atom is -0.474 e. The second kappa shape index (κ2) is 11.5. The van der Waals surface area contributed by atoms with Crippen molar-refractivity contribution in [1.82, 2.24) is 24.4 Å². The SMILES string of the molecule is C[C@@H](CCCn1c(F)nc2cnc3ccc(Br)cc3c21)Oc1ncc(F)cc1[C@H]1C[C@H](F)CN1C(=O)OC(C)(C)C. The van der Waals surface area contributed by atoms with Crippen LogP contribution in [0.3, 0.4) is 0 Å². The van der Waals surface area contributed by atoms with E-state index < -0.39 is 41.9 Å². The van der Waals surface area contributed by atoms with E-state index in [0.717, 1.165) is 21.6 Å². The molecular weight excluding hydrogens is 603 g/mol. The molecule has 1 aliphatic rings. The highest BCUT2D eigenvalue weighted by atomic mass is 79.9. The smallest absolute Gasteiger partial charge is 0.410 e. The fourth-order valence-corrected chi connectivity index (χ4v) is 5.49. The highest BCUT2D eigenvalue weighted by molar-refractivity contribution is 9.10. The third-order valence-corrected chi connectivity index (χ3v) is 7.37. The van der Waals surface area contributed by atoms with Gasteiger partial charge in [0.05, 0.1) is 42.1 Å². The average Bonchev–Trinajstić information content (AvgIpc) is 3.43. The Balaban J connectivity index is 1.31. The third kappa shape index (κ3) is 6.42. The summed E-state index contributed by atoms with van der Waals surface area (Å²) in [5, 5.41) is 0.787. The van der Waals surface area contributed by atoms with E-state index in [1.54, 1.807) is 27.0 Å². The molecule has 41 heavy (non-hydrogen) atoms. The second-order valence-corrected chi connectivity index (χ2v) is 12.2. The molecule has 0 spiro atoms. The first-order valence-electron chi connectivity index (χ1n) is 13.5. The number of carbonyl (C=O) groups is 1. The van der Waals surface area contributed by atoms with Crippen molar-refractivity contribution in [2.75, 3.05) is 6.54 Å². The summed E-state index contributed by atoms with van der Waals surface area (Å²) in [7, 11) is 0. The van der Waals surface area contributed by atoms with Crippen LogP contribution in [0, 0.1) is 11.9 Å². The van der Waals surface area contributed by atoms with Crippen molar-refractivity contribution in [2.45, 2.75) is 77.4 Å². The van der Waals surface area contributed by atoms with E-state index in [2.05, 4.69) is 30.9 Å². The summed E-state index contributed by atoms with van der Waals surface area (Å²) in [6.07, 6.45) is 0.627. The third-order valence-electron chi connectivity index (χ3n) is 6.88. The number of halogens is 4. The van der Waals surface area contributed by atoms with E-state index in [9.17, 15) is 18.0 Å². The van der Waals surface area contributed by atoms with Crippen LogP contribution < -0.4 is 4.74 Å². The van der Waals surface area contributed by atoms with Gasteiger partial charge in [0, 0.05) is 28.4 Å². The number of alkyl halides is 1. The van der Waals surface area contributed by atoms with E-state index in [-0.39, 0.29) is 24.4 Å². The second-order valence-electron chi connectivity index (χ2n) is 11.3. The Morgan fingerprint density at radius 1 is 1.17 bits per heavy atom. The number of fused-ring (bicyclic) bond motifs is 3. The number of hydrogen-bond acceptors (Lipinski definition) is 6. The highest BCUT2D eigenvalue weighted by Gasteiger charge is 2.40. The summed E-state index contributed by atoms with van der Waals surface area (Å²) in [4.78, 5) is 26.6. The monoisotopic (exact) mass is 633 g/mol. The maximum absolute atomic E-state index is 14.9. The molecule has 4 heterocycles. The molecule has 1 amide bonds. The molecule has 0 saturated carbocycles. The predicted molar refractivity (Wildman–Crippen MR) is 151 cm³/mol. The number of rotatable bonds is 7. The van der Waals surface area contributed by atoms with Gasteiger partial charge in [-0.05, 0) is 64.8 Å². The first-order chi connectivity index (χ1) is 19.4. The molecule has 3 atom stereocenters. The number of aromatic nitrogens is 4. The average molecular weight is 634 g/mol. The van der Waals surface area contributed by atoms with Crippen LogP contribution in [0.5, 0.6) is 5.88 Å². The van der Waals surface area contributed by atoms with Crippen LogP contribution in [0.1, 0.15) is 58.6 Å². The Morgan fingerprint density at radius 2 is 1.95 bits per heavy atom. The van der Waals surface area contributed by atoms with Gasteiger partial charge in [-0.3, -0.25) is 14.5 Å². The van der Waals surface area contributed by atoms with Crippen molar-refractivity contribution in [3.05, 3.63) is 58.6 Å². The molecule has 0 bridgehead atoms. The van der Waals surface area contributed by atoms with Crippen molar-refractivity contribution >= 4 is 44.0 Å². The van der Waals surface area contributed by atoms with Gasteiger partial charge in [0.2, 0.25) is 5.88 Å². The quantitative estimate of drug-likeness (QED) is 0.213. The number of benzene rings is 1. The molecule has 5 rings (SSSR count). The molecule has 3 aromatic heterocycles. The van der Waals surface area contributed by atoms with E-state index in [1.807, 2.05) is 25.1 Å². The van der Waals surface area contributed by atoms with Crippen LogP contribution in [0.2, 0.25) is 0 Å². The molecule has 0 unspecified atom stereocenters. The lowest BCUT2D eigenvalue weighted by molar-refractivity contribution is 0.0213. The lowest BCUT2D eigenvalue weighted by Crippen LogP contribution is -2.37. The summed E-state index contributed by atoms with van der Waals surface area (Å²) in [6.45, 7) is 7.16. The summed E-state index contributed by atoms with van der Waals surface area (Å²) < 4.78 is 57.6. The molecule has 1 aromatic carbocycles. The summed E-state index contributed by atoms with van der Waals surface area (Å²) in [5.41, 5.74) is 1.36. The normalized spacial score (nSPS) is 18.3. The molecule has 1 aliphatic heterocycles. The molecular formula is C29H31BrF3N5O3. The Bertz CT molecular complexity index is 1590. The molecule has 8 nitrogen and oxygen atoms in total. The molecule has 218 valence electrons. The summed E-state index contributed by atoms with van der Waals surface area (Å²) in [6, 6.07) is 6.05. The number of carbonyl (C=O) groups excluding carboxylic acids is 1. The van der Waals surface area contributed by atoms with Crippen molar-refractivity contribution in [3.63, 3.8) is 0 Å². The van der Waals surface area contributed by atoms with Crippen LogP contribution in [0.4, 0.5) is 18.0 Å². The Morgan fingerprint density at radius 3 is 2.71 bits per heavy atom. The van der Waals surface area contributed by atoms with Crippen LogP contribution in [-0.2, 0) is 11.3 Å². The Hall–Kier alpha value is -3.41. The first kappa shape index (κ1) is 29.1. The summed E-state index contributed by atoms with van der Waals surface area (Å²) in [5.74, 6) is -0.505. The lowest BCUT2D eigenvalue weighted by Gasteiger charge is -2.29. The maximum Gasteiger partial charge on any atom is 0.410 e. The van der Waals surface area contributed by atoms with Crippen LogP contribution in [-0.4, -0.2) is 54.9 Å². The number of amides is 1. The molecule has 4 aromatic rings. The topological polar surface area (TPSA) is 82.4 Å². The fraction of sp³-hybridized carbons (Fsp3) is 0.448. The maximum atomic E-state index is 14.9. The van der Waals surface area contributed by atoms with E-state index in [0.29, 0.717) is 30.4 Å². The van der Waals surface area contributed by atoms with Crippen molar-refractivity contribution < 1.29 is 27.4 Å². The van der Waals surface area contributed by atoms with Crippen molar-refractivity contribution in [1.29, 1.82) is 0 Å². The number of likely N-dealkylation sites (tertiary alicyclic amines) is 1. The van der Waals surface area contributed by atoms with E-state index in [1.165, 1.54) is 15.5 Å². The zero-order chi connectivity index (χ0) is 29.5. The van der Waals surface area contributed by atoms with E-state index in [4.69, 9.17) is 9.47 Å². The molecule has 0 radical (unpaired) electrons. The summed E-state index contributed by atoms with van der Waals surface area (Å²) >= 11 is 3.47. The predicted octanol–water partition coefficient (Wildman–Crippen LogP) is 7.29. The standard InChI is InChI=1S/C29H31BrF3N5O3/c1-16(6-5-9-37-25-20-10-17(30)7-8-22(20)34-14-23(25)36-27(37)33)40-26-21(11-18(31)13-35-26)24-12-19(32)15-38(24)28(39)41-29(2,3)4/h7-8,10-11,13-14,16,19,24H,5-6,9,12,15H2,1-4H3/t16-,19-,24+/m0/s1. The number of nitrogens with zero attached hydrogens (tertiary/aromatic N) is 5. The molecule has 0 N–H and O–H groups in total. The molecule has 1 fully saturated rings. The molecule has 1 saturated heterocycles. The van der Waals surface area contributed by atoms with E-state index >= 15 is 0 Å². The fourth-order valence-electron chi connectivity index (χ4n) is 5.13. The zero-order valence-electron chi connectivity index (χ0n) is 23.2. The van der Waals surface area contributed by atoms with Gasteiger partial charge in [0.25, 0.3) is 6.08 Å². The Kier molecular flexibility index (Phi) is 8.13. The van der Waals surface area contributed by atoms with Gasteiger partial charge in [-0.15, -0.1) is 0 Å². The zero-order valence-corrected chi connectivity index (χ0v) is 24.8. The first-order valence-corrected chi connectivity index (χ1v) is 14.2. The van der Waals surface area contributed by atoms with Gasteiger partial charge >= 0.3 is 6.09 Å². The number of hydrogen-bond donors (Lipinski definition) is 0. The number of imidazole rings is 1. The largest absolute Gasteiger partial charge is 0.474 e. The van der Waals surface area contributed by atoms with Gasteiger partial charge in [0.15, 0.2) is 0 Å². The van der Waals surface area contributed by atoms with Gasteiger partial charge in [0.1, 0.15) is 23.1 Å². The van der Waals surface area contributed by atoms with Gasteiger partial charge < -0.3 is 9.47 Å². The number of aryl methyl sites for hydroxylation is 1. The minimum absolute atomic E-state index is 0.0268. The van der Waals surface area contributed by atoms with Gasteiger partial charge in [-0.25, -0.2) is 23.5 Å². The lowest BCUT2D eigenvalue weighted by atomic mass is 10.1. The highest BCUT2D eigenvalue weighted by Crippen LogP contribution is 2.39. The number of pyridine rings is 2. The molecule has 12 heteroatoms.